The van der Waals surface area contributed by atoms with Crippen LogP contribution in [0.5, 0.6) is 0 Å². The average molecular weight is 359 g/mol. The molecular weight excluding hydrogens is 334 g/mol. The molecule has 0 spiro atoms. The van der Waals surface area contributed by atoms with Crippen LogP contribution in [0.25, 0.3) is 0 Å². The lowest BCUT2D eigenvalue weighted by Crippen LogP contribution is -2.40. The maximum absolute atomic E-state index is 12.7. The van der Waals surface area contributed by atoms with E-state index in [9.17, 15) is 19.2 Å². The SMILES string of the molecule is CC(C)CNC(=O)C(=O)[C@H]1CN(CC(N)=O)C(=O)[C@@H]1Cc1ccccc1. The van der Waals surface area contributed by atoms with Crippen molar-refractivity contribution in [3.63, 3.8) is 0 Å². The van der Waals surface area contributed by atoms with E-state index in [2.05, 4.69) is 5.32 Å². The minimum Gasteiger partial charge on any atom is -0.368 e. The molecular formula is C19H25N3O4. The maximum atomic E-state index is 12.7. The van der Waals surface area contributed by atoms with Gasteiger partial charge in [0.15, 0.2) is 0 Å². The molecule has 1 heterocycles. The number of nitrogens with one attached hydrogen (secondary N) is 1. The first kappa shape index (κ1) is 19.6. The highest BCUT2D eigenvalue weighted by molar-refractivity contribution is 6.37. The van der Waals surface area contributed by atoms with Gasteiger partial charge in [0.05, 0.1) is 18.4 Å². The molecule has 0 bridgehead atoms. The van der Waals surface area contributed by atoms with Crippen molar-refractivity contribution in [2.75, 3.05) is 19.6 Å². The molecule has 1 saturated heterocycles. The Morgan fingerprint density at radius 2 is 1.88 bits per heavy atom. The fourth-order valence-electron chi connectivity index (χ4n) is 3.11. The molecule has 0 aliphatic carbocycles. The summed E-state index contributed by atoms with van der Waals surface area (Å²) in [6.45, 7) is 4.03. The molecule has 26 heavy (non-hydrogen) atoms. The van der Waals surface area contributed by atoms with Crippen LogP contribution in [0.3, 0.4) is 0 Å². The van der Waals surface area contributed by atoms with Gasteiger partial charge in [-0.1, -0.05) is 44.2 Å². The second-order valence-electron chi connectivity index (χ2n) is 7.06. The van der Waals surface area contributed by atoms with Gasteiger partial charge in [0.25, 0.3) is 5.91 Å². The third kappa shape index (κ3) is 4.91. The normalized spacial score (nSPS) is 19.7. The van der Waals surface area contributed by atoms with Crippen LogP contribution in [-0.4, -0.2) is 48.0 Å². The molecule has 2 atom stereocenters. The Balaban J connectivity index is 2.18. The van der Waals surface area contributed by atoms with Crippen molar-refractivity contribution in [3.05, 3.63) is 35.9 Å². The number of nitrogens with zero attached hydrogens (tertiary/aromatic N) is 1. The lowest BCUT2D eigenvalue weighted by Gasteiger charge is -2.16. The number of ketones is 1. The highest BCUT2D eigenvalue weighted by Gasteiger charge is 2.46. The lowest BCUT2D eigenvalue weighted by atomic mass is 9.86. The first-order valence-electron chi connectivity index (χ1n) is 8.72. The number of nitrogens with two attached hydrogens (primary N) is 1. The zero-order valence-corrected chi connectivity index (χ0v) is 15.1. The summed E-state index contributed by atoms with van der Waals surface area (Å²) in [5.74, 6) is -3.51. The summed E-state index contributed by atoms with van der Waals surface area (Å²) in [5, 5.41) is 2.60. The van der Waals surface area contributed by atoms with Gasteiger partial charge in [-0.3, -0.25) is 19.2 Å². The second-order valence-corrected chi connectivity index (χ2v) is 7.06. The Labute approximate surface area is 152 Å². The standard InChI is InChI=1S/C19H25N3O4/c1-12(2)9-21-18(25)17(24)15-10-22(11-16(20)23)19(26)14(15)8-13-6-4-3-5-7-13/h3-7,12,14-15H,8-11H2,1-2H3,(H2,20,23)(H,21,25)/t14-,15+/m1/s1. The van der Waals surface area contributed by atoms with Crippen LogP contribution in [0.2, 0.25) is 0 Å². The van der Waals surface area contributed by atoms with Crippen LogP contribution in [-0.2, 0) is 25.6 Å². The molecule has 0 aromatic heterocycles. The van der Waals surface area contributed by atoms with Gasteiger partial charge >= 0.3 is 0 Å². The average Bonchev–Trinajstić information content (AvgIpc) is 2.88. The van der Waals surface area contributed by atoms with Gasteiger partial charge in [-0.2, -0.15) is 0 Å². The number of Topliss-reactive ketones (excluding diaryl/α,β-unsaturated/α-hetero) is 1. The third-order valence-electron chi connectivity index (χ3n) is 4.41. The Bertz CT molecular complexity index is 687. The van der Waals surface area contributed by atoms with Crippen LogP contribution < -0.4 is 11.1 Å². The number of primary amides is 1. The molecule has 0 radical (unpaired) electrons. The Kier molecular flexibility index (Phi) is 6.49. The number of rotatable bonds is 8. The molecule has 1 fully saturated rings. The van der Waals surface area contributed by atoms with Crippen molar-refractivity contribution >= 4 is 23.5 Å². The van der Waals surface area contributed by atoms with E-state index in [-0.39, 0.29) is 24.9 Å². The summed E-state index contributed by atoms with van der Waals surface area (Å²) in [6, 6.07) is 9.29. The van der Waals surface area contributed by atoms with Crippen molar-refractivity contribution in [1.29, 1.82) is 0 Å². The van der Waals surface area contributed by atoms with Crippen LogP contribution in [0.4, 0.5) is 0 Å². The fourth-order valence-corrected chi connectivity index (χ4v) is 3.11. The predicted molar refractivity (Wildman–Crippen MR) is 95.8 cm³/mol. The molecule has 0 saturated carbocycles. The van der Waals surface area contributed by atoms with Gasteiger partial charge in [-0.05, 0) is 17.9 Å². The molecule has 2 rings (SSSR count). The van der Waals surface area contributed by atoms with Gasteiger partial charge in [0.1, 0.15) is 0 Å². The first-order valence-corrected chi connectivity index (χ1v) is 8.72. The van der Waals surface area contributed by atoms with Crippen molar-refractivity contribution in [1.82, 2.24) is 10.2 Å². The molecule has 1 aliphatic rings. The van der Waals surface area contributed by atoms with Gasteiger partial charge < -0.3 is 16.0 Å². The van der Waals surface area contributed by atoms with E-state index in [1.165, 1.54) is 4.90 Å². The molecule has 1 aromatic carbocycles. The Morgan fingerprint density at radius 1 is 1.23 bits per heavy atom. The molecule has 140 valence electrons. The number of likely N-dealkylation sites (tertiary alicyclic amines) is 1. The molecule has 7 nitrogen and oxygen atoms in total. The number of carbonyl (C=O) groups excluding carboxylic acids is 4. The molecule has 3 amide bonds. The van der Waals surface area contributed by atoms with Crippen molar-refractivity contribution in [2.24, 2.45) is 23.5 Å². The summed E-state index contributed by atoms with van der Waals surface area (Å²) >= 11 is 0. The zero-order chi connectivity index (χ0) is 19.3. The lowest BCUT2D eigenvalue weighted by molar-refractivity contribution is -0.141. The highest BCUT2D eigenvalue weighted by Crippen LogP contribution is 2.29. The van der Waals surface area contributed by atoms with Crippen LogP contribution in [0.15, 0.2) is 30.3 Å². The monoisotopic (exact) mass is 359 g/mol. The van der Waals surface area contributed by atoms with Crippen molar-refractivity contribution in [2.45, 2.75) is 20.3 Å². The zero-order valence-electron chi connectivity index (χ0n) is 15.1. The van der Waals surface area contributed by atoms with E-state index in [1.807, 2.05) is 44.2 Å². The van der Waals surface area contributed by atoms with Crippen molar-refractivity contribution < 1.29 is 19.2 Å². The van der Waals surface area contributed by atoms with Crippen LogP contribution in [0.1, 0.15) is 19.4 Å². The summed E-state index contributed by atoms with van der Waals surface area (Å²) in [7, 11) is 0. The summed E-state index contributed by atoms with van der Waals surface area (Å²) < 4.78 is 0. The van der Waals surface area contributed by atoms with E-state index < -0.39 is 29.4 Å². The summed E-state index contributed by atoms with van der Waals surface area (Å²) in [4.78, 5) is 50.0. The maximum Gasteiger partial charge on any atom is 0.287 e. The minimum atomic E-state index is -0.783. The summed E-state index contributed by atoms with van der Waals surface area (Å²) in [5.41, 5.74) is 6.09. The summed E-state index contributed by atoms with van der Waals surface area (Å²) in [6.07, 6.45) is 0.336. The number of hydrogen-bond acceptors (Lipinski definition) is 4. The van der Waals surface area contributed by atoms with Crippen LogP contribution in [0, 0.1) is 17.8 Å². The van der Waals surface area contributed by atoms with E-state index >= 15 is 0 Å². The van der Waals surface area contributed by atoms with E-state index in [0.717, 1.165) is 5.56 Å². The predicted octanol–water partition coefficient (Wildman–Crippen LogP) is 0.130. The third-order valence-corrected chi connectivity index (χ3v) is 4.41. The second kappa shape index (κ2) is 8.60. The van der Waals surface area contributed by atoms with E-state index in [0.29, 0.717) is 13.0 Å². The van der Waals surface area contributed by atoms with Gasteiger partial charge in [-0.25, -0.2) is 0 Å². The van der Waals surface area contributed by atoms with Gasteiger partial charge in [0.2, 0.25) is 17.6 Å². The topological polar surface area (TPSA) is 110 Å². The number of benzene rings is 1. The Morgan fingerprint density at radius 3 is 2.46 bits per heavy atom. The quantitative estimate of drug-likeness (QED) is 0.643. The molecule has 1 aliphatic heterocycles. The molecule has 3 N–H and O–H groups in total. The Hall–Kier alpha value is -2.70. The van der Waals surface area contributed by atoms with Crippen LogP contribution >= 0.6 is 0 Å². The van der Waals surface area contributed by atoms with Gasteiger partial charge in [-0.15, -0.1) is 0 Å². The molecule has 1 aromatic rings. The fraction of sp³-hybridized carbons (Fsp3) is 0.474. The smallest absolute Gasteiger partial charge is 0.287 e. The number of hydrogen-bond donors (Lipinski definition) is 2. The molecule has 0 unspecified atom stereocenters. The van der Waals surface area contributed by atoms with Crippen molar-refractivity contribution in [3.8, 4) is 0 Å². The minimum absolute atomic E-state index is 0.0349. The number of amides is 3. The van der Waals surface area contributed by atoms with Gasteiger partial charge in [0, 0.05) is 13.1 Å². The largest absolute Gasteiger partial charge is 0.368 e. The number of carbonyl (C=O) groups is 4. The molecule has 7 heteroatoms. The van der Waals surface area contributed by atoms with E-state index in [1.54, 1.807) is 0 Å². The highest BCUT2D eigenvalue weighted by atomic mass is 16.2. The van der Waals surface area contributed by atoms with E-state index in [4.69, 9.17) is 5.73 Å². The first-order chi connectivity index (χ1) is 12.3.